The van der Waals surface area contributed by atoms with Crippen molar-refractivity contribution in [3.8, 4) is 33.5 Å². The number of aromatic nitrogens is 5. The van der Waals surface area contributed by atoms with Crippen molar-refractivity contribution in [1.29, 1.82) is 0 Å². The molecule has 0 amide bonds. The van der Waals surface area contributed by atoms with E-state index in [9.17, 15) is 13.2 Å². The van der Waals surface area contributed by atoms with Gasteiger partial charge in [-0.25, -0.2) is 9.50 Å². The van der Waals surface area contributed by atoms with E-state index in [-0.39, 0.29) is 22.9 Å². The fraction of sp³-hybridized carbons (Fsp3) is 0.100. The van der Waals surface area contributed by atoms with Gasteiger partial charge in [0.05, 0.1) is 10.6 Å². The van der Waals surface area contributed by atoms with Crippen LogP contribution in [-0.4, -0.2) is 24.7 Å². The molecule has 0 unspecified atom stereocenters. The highest BCUT2D eigenvalue weighted by Gasteiger charge is 2.35. The summed E-state index contributed by atoms with van der Waals surface area (Å²) in [7, 11) is 0. The highest BCUT2D eigenvalue weighted by molar-refractivity contribution is 7.13. The van der Waals surface area contributed by atoms with E-state index < -0.39 is 11.9 Å². The van der Waals surface area contributed by atoms with E-state index in [2.05, 4.69) is 20.2 Å². The van der Waals surface area contributed by atoms with Gasteiger partial charge in [0.25, 0.3) is 5.89 Å². The van der Waals surface area contributed by atoms with Gasteiger partial charge in [0.15, 0.2) is 17.0 Å². The minimum absolute atomic E-state index is 0.0156. The van der Waals surface area contributed by atoms with Crippen LogP contribution in [0.2, 0.25) is 0 Å². The van der Waals surface area contributed by atoms with E-state index in [0.717, 1.165) is 21.7 Å². The topological polar surface area (TPSA) is 69.1 Å². The van der Waals surface area contributed by atoms with Gasteiger partial charge in [-0.2, -0.15) is 23.3 Å². The molecule has 0 radical (unpaired) electrons. The SMILES string of the molecule is Cc1ccc(-c2noc(-c3cc4nc(-c5cccs5)cc(C(F)(F)F)n4n3)n2)cc1. The van der Waals surface area contributed by atoms with Gasteiger partial charge in [-0.05, 0) is 24.4 Å². The zero-order chi connectivity index (χ0) is 20.9. The third kappa shape index (κ3) is 3.24. The average Bonchev–Trinajstić information content (AvgIpc) is 3.45. The number of alkyl halides is 3. The van der Waals surface area contributed by atoms with Crippen LogP contribution in [0.4, 0.5) is 13.2 Å². The van der Waals surface area contributed by atoms with E-state index in [0.29, 0.717) is 10.7 Å². The number of fused-ring (bicyclic) bond motifs is 1. The zero-order valence-electron chi connectivity index (χ0n) is 15.4. The van der Waals surface area contributed by atoms with Crippen LogP contribution in [0.25, 0.3) is 39.2 Å². The van der Waals surface area contributed by atoms with Crippen molar-refractivity contribution < 1.29 is 17.7 Å². The molecule has 30 heavy (non-hydrogen) atoms. The molecule has 5 rings (SSSR count). The minimum atomic E-state index is -4.61. The summed E-state index contributed by atoms with van der Waals surface area (Å²) in [5, 5.41) is 9.73. The molecule has 5 aromatic rings. The number of halogens is 3. The summed E-state index contributed by atoms with van der Waals surface area (Å²) in [5.74, 6) is 0.340. The van der Waals surface area contributed by atoms with Crippen LogP contribution in [0, 0.1) is 6.92 Å². The summed E-state index contributed by atoms with van der Waals surface area (Å²) >= 11 is 1.31. The van der Waals surface area contributed by atoms with Crippen LogP contribution in [0.15, 0.2) is 58.4 Å². The molecule has 0 aliphatic heterocycles. The monoisotopic (exact) mass is 427 g/mol. The standard InChI is InChI=1S/C20H12F3N5OS/c1-11-4-6-12(7-5-11)18-25-19(29-27-18)14-10-17-24-13(15-3-2-8-30-15)9-16(20(21,22)23)28(17)26-14/h2-10H,1H3. The van der Waals surface area contributed by atoms with Crippen LogP contribution in [0.3, 0.4) is 0 Å². The number of aryl methyl sites for hydroxylation is 1. The molecular formula is C20H12F3N5OS. The molecule has 10 heteroatoms. The third-order valence-electron chi connectivity index (χ3n) is 4.45. The molecule has 0 bridgehead atoms. The first-order valence-electron chi connectivity index (χ1n) is 8.81. The fourth-order valence-electron chi connectivity index (χ4n) is 2.98. The van der Waals surface area contributed by atoms with Gasteiger partial charge in [-0.15, -0.1) is 11.3 Å². The summed E-state index contributed by atoms with van der Waals surface area (Å²) in [6.45, 7) is 1.96. The lowest BCUT2D eigenvalue weighted by atomic mass is 10.1. The molecule has 0 aliphatic carbocycles. The number of hydrogen-bond acceptors (Lipinski definition) is 6. The maximum absolute atomic E-state index is 13.7. The summed E-state index contributed by atoms with van der Waals surface area (Å²) in [4.78, 5) is 9.24. The molecule has 4 aromatic heterocycles. The molecule has 0 saturated carbocycles. The lowest BCUT2D eigenvalue weighted by Gasteiger charge is -2.10. The van der Waals surface area contributed by atoms with Crippen LogP contribution in [-0.2, 0) is 6.18 Å². The van der Waals surface area contributed by atoms with E-state index in [4.69, 9.17) is 4.52 Å². The molecule has 0 spiro atoms. The normalized spacial score (nSPS) is 12.0. The molecule has 0 saturated heterocycles. The smallest absolute Gasteiger partial charge is 0.332 e. The summed E-state index contributed by atoms with van der Waals surface area (Å²) in [6, 6.07) is 13.3. The summed E-state index contributed by atoms with van der Waals surface area (Å²) in [5.41, 5.74) is 1.26. The Balaban J connectivity index is 1.62. The van der Waals surface area contributed by atoms with E-state index in [1.165, 1.54) is 17.4 Å². The van der Waals surface area contributed by atoms with Crippen molar-refractivity contribution in [2.24, 2.45) is 0 Å². The predicted octanol–water partition coefficient (Wildman–Crippen LogP) is 5.50. The number of thiophene rings is 1. The van der Waals surface area contributed by atoms with Gasteiger partial charge >= 0.3 is 6.18 Å². The first-order chi connectivity index (χ1) is 14.4. The highest BCUT2D eigenvalue weighted by atomic mass is 32.1. The van der Waals surface area contributed by atoms with Gasteiger partial charge < -0.3 is 4.52 Å². The van der Waals surface area contributed by atoms with Crippen molar-refractivity contribution in [3.05, 3.63) is 65.2 Å². The predicted molar refractivity (Wildman–Crippen MR) is 105 cm³/mol. The number of rotatable bonds is 3. The lowest BCUT2D eigenvalue weighted by Crippen LogP contribution is -2.13. The fourth-order valence-corrected chi connectivity index (χ4v) is 3.67. The minimum Gasteiger partial charge on any atom is -0.332 e. The van der Waals surface area contributed by atoms with Crippen LogP contribution in [0.5, 0.6) is 0 Å². The van der Waals surface area contributed by atoms with Gasteiger partial charge in [0.2, 0.25) is 5.82 Å². The Hall–Kier alpha value is -3.53. The largest absolute Gasteiger partial charge is 0.433 e. The van der Waals surface area contributed by atoms with E-state index in [1.807, 2.05) is 31.2 Å². The van der Waals surface area contributed by atoms with Crippen molar-refractivity contribution >= 4 is 17.0 Å². The quantitative estimate of drug-likeness (QED) is 0.380. The molecule has 0 atom stereocenters. The van der Waals surface area contributed by atoms with Crippen molar-refractivity contribution in [2.75, 3.05) is 0 Å². The van der Waals surface area contributed by atoms with Gasteiger partial charge in [-0.3, -0.25) is 0 Å². The average molecular weight is 427 g/mol. The number of hydrogen-bond donors (Lipinski definition) is 0. The third-order valence-corrected chi connectivity index (χ3v) is 5.34. The van der Waals surface area contributed by atoms with Crippen LogP contribution in [0.1, 0.15) is 11.3 Å². The van der Waals surface area contributed by atoms with Gasteiger partial charge in [0.1, 0.15) is 0 Å². The second kappa shape index (κ2) is 6.77. The first kappa shape index (κ1) is 18.5. The molecule has 0 aliphatic rings. The van der Waals surface area contributed by atoms with E-state index in [1.54, 1.807) is 17.5 Å². The van der Waals surface area contributed by atoms with Gasteiger partial charge in [0, 0.05) is 11.6 Å². The van der Waals surface area contributed by atoms with Crippen molar-refractivity contribution in [2.45, 2.75) is 13.1 Å². The Labute approximate surface area is 171 Å². The second-order valence-corrected chi connectivity index (χ2v) is 7.54. The molecule has 0 fully saturated rings. The molecular weight excluding hydrogens is 415 g/mol. The Bertz CT molecular complexity index is 1340. The Kier molecular flexibility index (Phi) is 4.17. The molecule has 1 aromatic carbocycles. The molecule has 6 nitrogen and oxygen atoms in total. The molecule has 150 valence electrons. The summed E-state index contributed by atoms with van der Waals surface area (Å²) in [6.07, 6.45) is -4.61. The highest BCUT2D eigenvalue weighted by Crippen LogP contribution is 2.34. The van der Waals surface area contributed by atoms with Crippen LogP contribution < -0.4 is 0 Å². The maximum atomic E-state index is 13.7. The number of nitrogens with zero attached hydrogens (tertiary/aromatic N) is 5. The van der Waals surface area contributed by atoms with Gasteiger partial charge in [-0.1, -0.05) is 41.1 Å². The Morgan fingerprint density at radius 1 is 1.00 bits per heavy atom. The lowest BCUT2D eigenvalue weighted by molar-refractivity contribution is -0.142. The first-order valence-corrected chi connectivity index (χ1v) is 9.69. The molecule has 4 heterocycles. The summed E-state index contributed by atoms with van der Waals surface area (Å²) < 4.78 is 47.0. The second-order valence-electron chi connectivity index (χ2n) is 6.59. The Morgan fingerprint density at radius 3 is 2.50 bits per heavy atom. The number of benzene rings is 1. The van der Waals surface area contributed by atoms with Crippen molar-refractivity contribution in [1.82, 2.24) is 24.7 Å². The van der Waals surface area contributed by atoms with Crippen molar-refractivity contribution in [3.63, 3.8) is 0 Å². The zero-order valence-corrected chi connectivity index (χ0v) is 16.2. The molecule has 0 N–H and O–H groups in total. The maximum Gasteiger partial charge on any atom is 0.433 e. The van der Waals surface area contributed by atoms with E-state index >= 15 is 0 Å². The van der Waals surface area contributed by atoms with Crippen LogP contribution >= 0.6 is 11.3 Å². The Morgan fingerprint density at radius 2 is 1.80 bits per heavy atom.